The molecule has 1 aromatic heterocycles. The van der Waals surface area contributed by atoms with E-state index in [0.29, 0.717) is 11.3 Å². The number of H-pyrrole nitrogens is 1. The summed E-state index contributed by atoms with van der Waals surface area (Å²) in [6, 6.07) is 5.61. The number of carbonyl (C=O) groups excluding carboxylic acids is 1. The van der Waals surface area contributed by atoms with Crippen molar-refractivity contribution in [3.63, 3.8) is 0 Å². The van der Waals surface area contributed by atoms with Gasteiger partial charge in [-0.3, -0.25) is 4.79 Å². The first-order valence-electron chi connectivity index (χ1n) is 5.25. The zero-order valence-electron chi connectivity index (χ0n) is 9.37. The van der Waals surface area contributed by atoms with Crippen LogP contribution >= 0.6 is 0 Å². The van der Waals surface area contributed by atoms with Crippen LogP contribution in [0.5, 0.6) is 0 Å². The number of amides is 1. The Balaban J connectivity index is 2.44. The molecule has 1 amide bonds. The number of hydrogen-bond acceptors (Lipinski definition) is 2. The Hall–Kier alpha value is -1.97. The van der Waals surface area contributed by atoms with Gasteiger partial charge in [0.2, 0.25) is 0 Å². The van der Waals surface area contributed by atoms with Gasteiger partial charge in [0.15, 0.2) is 0 Å². The molecule has 0 aliphatic rings. The van der Waals surface area contributed by atoms with E-state index < -0.39 is 0 Å². The van der Waals surface area contributed by atoms with Crippen molar-refractivity contribution in [1.29, 1.82) is 0 Å². The normalized spacial score (nSPS) is 10.9. The van der Waals surface area contributed by atoms with E-state index in [9.17, 15) is 4.79 Å². The molecule has 0 saturated carbocycles. The van der Waals surface area contributed by atoms with Crippen LogP contribution in [0.2, 0.25) is 0 Å². The van der Waals surface area contributed by atoms with Crippen LogP contribution in [0.3, 0.4) is 0 Å². The molecule has 0 aliphatic heterocycles. The van der Waals surface area contributed by atoms with Gasteiger partial charge in [0.1, 0.15) is 0 Å². The summed E-state index contributed by atoms with van der Waals surface area (Å²) in [7, 11) is 0. The number of nitrogens with one attached hydrogen (secondary N) is 2. The molecule has 0 fully saturated rings. The van der Waals surface area contributed by atoms with Gasteiger partial charge in [-0.2, -0.15) is 0 Å². The van der Waals surface area contributed by atoms with E-state index in [-0.39, 0.29) is 11.9 Å². The largest absolute Gasteiger partial charge is 0.399 e. The molecule has 1 aromatic carbocycles. The zero-order chi connectivity index (χ0) is 11.7. The summed E-state index contributed by atoms with van der Waals surface area (Å²) in [6.07, 6.45) is 1.71. The number of aromatic amines is 1. The number of hydrogen-bond donors (Lipinski definition) is 3. The molecule has 1 heterocycles. The first-order chi connectivity index (χ1) is 7.58. The summed E-state index contributed by atoms with van der Waals surface area (Å²) >= 11 is 0. The lowest BCUT2D eigenvalue weighted by Gasteiger charge is -2.07. The van der Waals surface area contributed by atoms with Gasteiger partial charge >= 0.3 is 0 Å². The Morgan fingerprint density at radius 2 is 2.19 bits per heavy atom. The molecule has 0 spiro atoms. The predicted molar refractivity (Wildman–Crippen MR) is 65.3 cm³/mol. The lowest BCUT2D eigenvalue weighted by atomic mass is 10.1. The number of carbonyl (C=O) groups is 1. The Kier molecular flexibility index (Phi) is 2.56. The molecule has 0 radical (unpaired) electrons. The smallest absolute Gasteiger partial charge is 0.253 e. The fraction of sp³-hybridized carbons (Fsp3) is 0.250. The van der Waals surface area contributed by atoms with E-state index in [1.165, 1.54) is 0 Å². The third-order valence-electron chi connectivity index (χ3n) is 2.37. The topological polar surface area (TPSA) is 70.9 Å². The first kappa shape index (κ1) is 10.5. The van der Waals surface area contributed by atoms with Crippen LogP contribution in [0.15, 0.2) is 24.4 Å². The Morgan fingerprint density at radius 3 is 2.88 bits per heavy atom. The van der Waals surface area contributed by atoms with E-state index in [4.69, 9.17) is 5.73 Å². The molecule has 4 heteroatoms. The highest BCUT2D eigenvalue weighted by molar-refractivity contribution is 6.07. The van der Waals surface area contributed by atoms with Gasteiger partial charge in [0.25, 0.3) is 5.91 Å². The van der Waals surface area contributed by atoms with Crippen LogP contribution < -0.4 is 11.1 Å². The highest BCUT2D eigenvalue weighted by Crippen LogP contribution is 2.20. The van der Waals surface area contributed by atoms with Crippen LogP contribution in [-0.2, 0) is 0 Å². The van der Waals surface area contributed by atoms with Gasteiger partial charge in [0, 0.05) is 28.8 Å². The third-order valence-corrected chi connectivity index (χ3v) is 2.37. The van der Waals surface area contributed by atoms with Crippen molar-refractivity contribution in [3.8, 4) is 0 Å². The second-order valence-corrected chi connectivity index (χ2v) is 4.14. The summed E-state index contributed by atoms with van der Waals surface area (Å²) in [4.78, 5) is 14.9. The average Bonchev–Trinajstić information content (AvgIpc) is 2.59. The highest BCUT2D eigenvalue weighted by Gasteiger charge is 2.12. The molecule has 16 heavy (non-hydrogen) atoms. The molecule has 0 bridgehead atoms. The Labute approximate surface area is 93.8 Å². The molecule has 84 valence electrons. The molecule has 0 atom stereocenters. The lowest BCUT2D eigenvalue weighted by Crippen LogP contribution is -2.29. The second-order valence-electron chi connectivity index (χ2n) is 4.14. The summed E-state index contributed by atoms with van der Waals surface area (Å²) in [5.41, 5.74) is 7.92. The molecule has 0 saturated heterocycles. The van der Waals surface area contributed by atoms with Gasteiger partial charge < -0.3 is 16.0 Å². The van der Waals surface area contributed by atoms with Crippen LogP contribution in [-0.4, -0.2) is 16.9 Å². The molecule has 0 unspecified atom stereocenters. The van der Waals surface area contributed by atoms with Crippen molar-refractivity contribution < 1.29 is 4.79 Å². The number of fused-ring (bicyclic) bond motifs is 1. The molecular weight excluding hydrogens is 202 g/mol. The highest BCUT2D eigenvalue weighted by atomic mass is 16.1. The van der Waals surface area contributed by atoms with Crippen LogP contribution in [0.25, 0.3) is 10.9 Å². The molecule has 2 rings (SSSR count). The predicted octanol–water partition coefficient (Wildman–Crippen LogP) is 1.89. The minimum atomic E-state index is -0.0770. The van der Waals surface area contributed by atoms with Crippen molar-refractivity contribution in [3.05, 3.63) is 30.0 Å². The number of benzene rings is 1. The first-order valence-corrected chi connectivity index (χ1v) is 5.25. The van der Waals surface area contributed by atoms with E-state index >= 15 is 0 Å². The van der Waals surface area contributed by atoms with Gasteiger partial charge in [0.05, 0.1) is 5.56 Å². The Morgan fingerprint density at radius 1 is 1.44 bits per heavy atom. The third kappa shape index (κ3) is 1.86. The maximum atomic E-state index is 11.9. The summed E-state index contributed by atoms with van der Waals surface area (Å²) in [5.74, 6) is -0.0770. The fourth-order valence-electron chi connectivity index (χ4n) is 1.67. The number of rotatable bonds is 2. The minimum Gasteiger partial charge on any atom is -0.399 e. The number of nitrogen functional groups attached to an aromatic ring is 1. The second kappa shape index (κ2) is 3.89. The average molecular weight is 217 g/mol. The summed E-state index contributed by atoms with van der Waals surface area (Å²) in [6.45, 7) is 3.86. The van der Waals surface area contributed by atoms with Crippen molar-refractivity contribution in [1.82, 2.24) is 10.3 Å². The fourth-order valence-corrected chi connectivity index (χ4v) is 1.67. The molecule has 2 aromatic rings. The lowest BCUT2D eigenvalue weighted by molar-refractivity contribution is 0.0945. The van der Waals surface area contributed by atoms with Gasteiger partial charge in [-0.15, -0.1) is 0 Å². The van der Waals surface area contributed by atoms with Gasteiger partial charge in [-0.25, -0.2) is 0 Å². The minimum absolute atomic E-state index is 0.0770. The zero-order valence-corrected chi connectivity index (χ0v) is 9.37. The molecular formula is C12H15N3O. The van der Waals surface area contributed by atoms with E-state index in [0.717, 1.165) is 10.9 Å². The van der Waals surface area contributed by atoms with E-state index in [1.54, 1.807) is 12.3 Å². The number of nitrogens with two attached hydrogens (primary N) is 1. The molecule has 4 N–H and O–H groups in total. The van der Waals surface area contributed by atoms with Crippen molar-refractivity contribution in [2.24, 2.45) is 0 Å². The van der Waals surface area contributed by atoms with Crippen LogP contribution in [0, 0.1) is 0 Å². The van der Waals surface area contributed by atoms with Crippen molar-refractivity contribution in [2.75, 3.05) is 5.73 Å². The number of anilines is 1. The van der Waals surface area contributed by atoms with E-state index in [1.807, 2.05) is 26.0 Å². The standard InChI is InChI=1S/C12H15N3O/c1-7(2)15-12(16)10-6-14-11-4-3-8(13)5-9(10)11/h3-7,14H,13H2,1-2H3,(H,15,16). The Bertz CT molecular complexity index is 528. The van der Waals surface area contributed by atoms with Gasteiger partial charge in [-0.05, 0) is 32.0 Å². The van der Waals surface area contributed by atoms with Crippen molar-refractivity contribution >= 4 is 22.5 Å². The summed E-state index contributed by atoms with van der Waals surface area (Å²) in [5, 5.41) is 3.72. The number of aromatic nitrogens is 1. The summed E-state index contributed by atoms with van der Waals surface area (Å²) < 4.78 is 0. The van der Waals surface area contributed by atoms with Crippen LogP contribution in [0.1, 0.15) is 24.2 Å². The molecule has 4 nitrogen and oxygen atoms in total. The SMILES string of the molecule is CC(C)NC(=O)c1c[nH]c2ccc(N)cc12. The van der Waals surface area contributed by atoms with Crippen LogP contribution in [0.4, 0.5) is 5.69 Å². The van der Waals surface area contributed by atoms with Gasteiger partial charge in [-0.1, -0.05) is 0 Å². The quantitative estimate of drug-likeness (QED) is 0.672. The van der Waals surface area contributed by atoms with E-state index in [2.05, 4.69) is 10.3 Å². The maximum absolute atomic E-state index is 11.9. The van der Waals surface area contributed by atoms with Crippen molar-refractivity contribution in [2.45, 2.75) is 19.9 Å². The maximum Gasteiger partial charge on any atom is 0.253 e. The monoisotopic (exact) mass is 217 g/mol. The molecule has 0 aliphatic carbocycles.